The molecule has 3 rings (SSSR count). The quantitative estimate of drug-likeness (QED) is 0.498. The van der Waals surface area contributed by atoms with Crippen molar-refractivity contribution < 1.29 is 4.39 Å². The zero-order valence-electron chi connectivity index (χ0n) is 11.1. The van der Waals surface area contributed by atoms with Crippen LogP contribution in [-0.2, 0) is 6.42 Å². The summed E-state index contributed by atoms with van der Waals surface area (Å²) >= 11 is 6.99. The minimum Gasteiger partial charge on any atom is -0.253 e. The summed E-state index contributed by atoms with van der Waals surface area (Å²) in [6, 6.07) is 17.0. The Morgan fingerprint density at radius 3 is 2.62 bits per heavy atom. The van der Waals surface area contributed by atoms with E-state index in [-0.39, 0.29) is 10.6 Å². The fraction of sp³-hybridized carbons (Fsp3) is 0.118. The maximum atomic E-state index is 14.0. The molecule has 0 aliphatic carbocycles. The highest BCUT2D eigenvalue weighted by atomic mass is 79.9. The predicted octanol–water partition coefficient (Wildman–Crippen LogP) is 5.82. The lowest BCUT2D eigenvalue weighted by Gasteiger charge is -2.13. The summed E-state index contributed by atoms with van der Waals surface area (Å²) in [5.41, 5.74) is 2.53. The molecule has 1 aromatic heterocycles. The van der Waals surface area contributed by atoms with E-state index >= 15 is 0 Å². The molecule has 0 fully saturated rings. The van der Waals surface area contributed by atoms with Gasteiger partial charge in [-0.3, -0.25) is 4.98 Å². The molecule has 0 amide bonds. The first kappa shape index (κ1) is 14.7. The summed E-state index contributed by atoms with van der Waals surface area (Å²) in [4.78, 5) is 4.51. The van der Waals surface area contributed by atoms with E-state index in [1.54, 1.807) is 6.07 Å². The summed E-state index contributed by atoms with van der Waals surface area (Å²) in [6.45, 7) is 0. The Bertz CT molecular complexity index is 768. The molecule has 1 unspecified atom stereocenters. The van der Waals surface area contributed by atoms with Gasteiger partial charge >= 0.3 is 0 Å². The molecule has 0 radical (unpaired) electrons. The van der Waals surface area contributed by atoms with Crippen molar-refractivity contribution in [1.82, 2.24) is 4.98 Å². The van der Waals surface area contributed by atoms with Gasteiger partial charge in [-0.2, -0.15) is 0 Å². The molecule has 21 heavy (non-hydrogen) atoms. The second-order valence-corrected chi connectivity index (χ2v) is 6.76. The molecule has 0 saturated carbocycles. The van der Waals surface area contributed by atoms with Gasteiger partial charge in [0, 0.05) is 32.4 Å². The first-order chi connectivity index (χ1) is 10.1. The van der Waals surface area contributed by atoms with Gasteiger partial charge in [-0.1, -0.05) is 62.2 Å². The van der Waals surface area contributed by atoms with Gasteiger partial charge in [0.25, 0.3) is 0 Å². The number of pyridine rings is 1. The van der Waals surface area contributed by atoms with Crippen molar-refractivity contribution in [3.8, 4) is 0 Å². The van der Waals surface area contributed by atoms with Crippen LogP contribution in [0.3, 0.4) is 0 Å². The number of halogens is 3. The summed E-state index contributed by atoms with van der Waals surface area (Å²) in [5.74, 6) is -0.216. The van der Waals surface area contributed by atoms with E-state index in [1.807, 2.05) is 42.5 Å². The normalized spacial score (nSPS) is 12.5. The van der Waals surface area contributed by atoms with Crippen LogP contribution in [0.15, 0.2) is 59.1 Å². The van der Waals surface area contributed by atoms with E-state index in [2.05, 4.69) is 36.8 Å². The van der Waals surface area contributed by atoms with Crippen molar-refractivity contribution in [3.05, 3.63) is 76.1 Å². The van der Waals surface area contributed by atoms with Gasteiger partial charge in [0.05, 0.1) is 5.52 Å². The standard InChI is InChI=1S/C17H12Br2FN/c18-13-5-3-6-15(20)17(13)14(19)10-12-9-8-11-4-1-2-7-16(11)21-12/h1-9,14H,10H2. The van der Waals surface area contributed by atoms with Gasteiger partial charge in [0.15, 0.2) is 0 Å². The lowest BCUT2D eigenvalue weighted by Crippen LogP contribution is -2.01. The van der Waals surface area contributed by atoms with Crippen LogP contribution in [0.25, 0.3) is 10.9 Å². The first-order valence-electron chi connectivity index (χ1n) is 6.58. The van der Waals surface area contributed by atoms with Gasteiger partial charge in [-0.05, 0) is 24.3 Å². The number of rotatable bonds is 3. The van der Waals surface area contributed by atoms with Crippen molar-refractivity contribution in [3.63, 3.8) is 0 Å². The van der Waals surface area contributed by atoms with Crippen LogP contribution in [0.4, 0.5) is 4.39 Å². The Balaban J connectivity index is 1.91. The third-order valence-electron chi connectivity index (χ3n) is 3.36. The van der Waals surface area contributed by atoms with Crippen molar-refractivity contribution in [2.24, 2.45) is 0 Å². The average molecular weight is 409 g/mol. The maximum absolute atomic E-state index is 14.0. The van der Waals surface area contributed by atoms with Gasteiger partial charge < -0.3 is 0 Å². The van der Waals surface area contributed by atoms with Crippen LogP contribution < -0.4 is 0 Å². The smallest absolute Gasteiger partial charge is 0.128 e. The SMILES string of the molecule is Fc1cccc(Br)c1C(Br)Cc1ccc2ccccc2n1. The predicted molar refractivity (Wildman–Crippen MR) is 91.2 cm³/mol. The van der Waals surface area contributed by atoms with Crippen LogP contribution in [-0.4, -0.2) is 4.98 Å². The number of hydrogen-bond acceptors (Lipinski definition) is 1. The molecule has 0 aliphatic heterocycles. The monoisotopic (exact) mass is 407 g/mol. The van der Waals surface area contributed by atoms with E-state index < -0.39 is 0 Å². The molecular weight excluding hydrogens is 397 g/mol. The molecule has 0 saturated heterocycles. The van der Waals surface area contributed by atoms with Crippen LogP contribution in [0, 0.1) is 5.82 Å². The van der Waals surface area contributed by atoms with E-state index in [0.29, 0.717) is 12.0 Å². The van der Waals surface area contributed by atoms with Crippen molar-refractivity contribution in [2.45, 2.75) is 11.2 Å². The van der Waals surface area contributed by atoms with Gasteiger partial charge in [0.2, 0.25) is 0 Å². The molecule has 106 valence electrons. The zero-order valence-corrected chi connectivity index (χ0v) is 14.2. The summed E-state index contributed by atoms with van der Waals surface area (Å²) in [5, 5.41) is 1.11. The summed E-state index contributed by atoms with van der Waals surface area (Å²) in [6.07, 6.45) is 0.629. The molecule has 1 atom stereocenters. The van der Waals surface area contributed by atoms with Crippen molar-refractivity contribution in [1.29, 1.82) is 0 Å². The van der Waals surface area contributed by atoms with E-state index in [4.69, 9.17) is 0 Å². The lowest BCUT2D eigenvalue weighted by atomic mass is 10.1. The third-order valence-corrected chi connectivity index (χ3v) is 4.83. The zero-order chi connectivity index (χ0) is 14.8. The van der Waals surface area contributed by atoms with Gasteiger partial charge in [0.1, 0.15) is 5.82 Å². The fourth-order valence-corrected chi connectivity index (χ4v) is 4.04. The molecule has 1 nitrogen and oxygen atoms in total. The Labute approximate surface area is 139 Å². The Hall–Kier alpha value is -1.26. The molecule has 0 aliphatic rings. The van der Waals surface area contributed by atoms with E-state index in [9.17, 15) is 4.39 Å². The molecule has 3 aromatic rings. The van der Waals surface area contributed by atoms with Crippen LogP contribution in [0.2, 0.25) is 0 Å². The second kappa shape index (κ2) is 6.24. The number of nitrogens with zero attached hydrogens (tertiary/aromatic N) is 1. The maximum Gasteiger partial charge on any atom is 0.128 e. The highest BCUT2D eigenvalue weighted by molar-refractivity contribution is 9.11. The number of aromatic nitrogens is 1. The number of benzene rings is 2. The summed E-state index contributed by atoms with van der Waals surface area (Å²) in [7, 11) is 0. The van der Waals surface area contributed by atoms with Gasteiger partial charge in [-0.25, -0.2) is 4.39 Å². The number of para-hydroxylation sites is 1. The van der Waals surface area contributed by atoms with Crippen LogP contribution >= 0.6 is 31.9 Å². The number of alkyl halides is 1. The Morgan fingerprint density at radius 2 is 1.81 bits per heavy atom. The Morgan fingerprint density at radius 1 is 1.00 bits per heavy atom. The van der Waals surface area contributed by atoms with E-state index in [0.717, 1.165) is 21.1 Å². The van der Waals surface area contributed by atoms with Crippen molar-refractivity contribution >= 4 is 42.8 Å². The highest BCUT2D eigenvalue weighted by Gasteiger charge is 2.17. The minimum absolute atomic E-state index is 0.123. The molecule has 1 heterocycles. The van der Waals surface area contributed by atoms with Crippen molar-refractivity contribution in [2.75, 3.05) is 0 Å². The fourth-order valence-electron chi connectivity index (χ4n) is 2.32. The molecule has 0 bridgehead atoms. The van der Waals surface area contributed by atoms with Crippen LogP contribution in [0.5, 0.6) is 0 Å². The molecule has 0 spiro atoms. The second-order valence-electron chi connectivity index (χ2n) is 4.80. The molecule has 0 N–H and O–H groups in total. The number of fused-ring (bicyclic) bond motifs is 1. The molecule has 4 heteroatoms. The molecular formula is C17H12Br2FN. The van der Waals surface area contributed by atoms with E-state index in [1.165, 1.54) is 6.07 Å². The Kier molecular flexibility index (Phi) is 4.36. The lowest BCUT2D eigenvalue weighted by molar-refractivity contribution is 0.606. The van der Waals surface area contributed by atoms with Crippen LogP contribution in [0.1, 0.15) is 16.1 Å². The third kappa shape index (κ3) is 3.16. The molecule has 2 aromatic carbocycles. The summed E-state index contributed by atoms with van der Waals surface area (Å²) < 4.78 is 14.7. The highest BCUT2D eigenvalue weighted by Crippen LogP contribution is 2.34. The number of hydrogen-bond donors (Lipinski definition) is 0. The first-order valence-corrected chi connectivity index (χ1v) is 8.28. The van der Waals surface area contributed by atoms with Gasteiger partial charge in [-0.15, -0.1) is 0 Å². The largest absolute Gasteiger partial charge is 0.253 e. The average Bonchev–Trinajstić information content (AvgIpc) is 2.47. The topological polar surface area (TPSA) is 12.9 Å². The minimum atomic E-state index is -0.216.